The fraction of sp³-hybridized carbons (Fsp3) is 1.00. The van der Waals surface area contributed by atoms with Crippen LogP contribution in [-0.4, -0.2) is 19.4 Å². The lowest BCUT2D eigenvalue weighted by atomic mass is 10.5. The molecule has 0 aromatic carbocycles. The highest BCUT2D eigenvalue weighted by Gasteiger charge is 2.09. The number of halogens is 1. The van der Waals surface area contributed by atoms with Gasteiger partial charge < -0.3 is 0 Å². The van der Waals surface area contributed by atoms with Crippen molar-refractivity contribution in [1.82, 2.24) is 0 Å². The third-order valence-electron chi connectivity index (χ3n) is 0.486. The molecule has 0 amide bonds. The van der Waals surface area contributed by atoms with Crippen molar-refractivity contribution in [3.8, 4) is 0 Å². The normalized spacial score (nSPS) is 15.6. The Kier molecular flexibility index (Phi) is 3.92. The first-order valence-corrected chi connectivity index (χ1v) is 3.93. The molecule has 0 aromatic rings. The topological polar surface area (TPSA) is 26.3 Å². The monoisotopic (exact) mass is 139 g/mol. The summed E-state index contributed by atoms with van der Waals surface area (Å²) in [6, 6.07) is 0. The molecule has 2 unspecified atom stereocenters. The van der Waals surface area contributed by atoms with Crippen molar-refractivity contribution in [2.45, 2.75) is 13.1 Å². The Bertz CT molecular complexity index is 84.1. The largest absolute Gasteiger partial charge is 0.504 e. The second kappa shape index (κ2) is 3.93. The van der Waals surface area contributed by atoms with Gasteiger partial charge >= 0.3 is 8.03 Å². The van der Waals surface area contributed by atoms with Crippen LogP contribution in [0.2, 0.25) is 0 Å². The highest BCUT2D eigenvalue weighted by molar-refractivity contribution is 7.38. The quantitative estimate of drug-likeness (QED) is 0.556. The van der Waals surface area contributed by atoms with Crippen LogP contribution in [0.1, 0.15) is 6.92 Å². The molecule has 0 saturated carbocycles. The van der Waals surface area contributed by atoms with Gasteiger partial charge in [-0.1, -0.05) is 0 Å². The van der Waals surface area contributed by atoms with E-state index in [2.05, 4.69) is 4.52 Å². The summed E-state index contributed by atoms with van der Waals surface area (Å²) in [6.07, 6.45) is -1.02. The molecule has 0 aliphatic carbocycles. The summed E-state index contributed by atoms with van der Waals surface area (Å²) >= 11 is 0. The average Bonchev–Trinajstić information content (AvgIpc) is 1.61. The van der Waals surface area contributed by atoms with Gasteiger partial charge in [0.1, 0.15) is 12.8 Å². The standard InChI is InChI=1S/C4H9FO2P/c1-4(5)3-7-8(2)6/h4H,3H2,1-2H3/q+1. The minimum atomic E-state index is -1.62. The van der Waals surface area contributed by atoms with E-state index in [-0.39, 0.29) is 6.61 Å². The number of hydrogen-bond donors (Lipinski definition) is 0. The van der Waals surface area contributed by atoms with Crippen LogP contribution in [0, 0.1) is 0 Å². The highest BCUT2D eigenvalue weighted by Crippen LogP contribution is 2.15. The lowest BCUT2D eigenvalue weighted by molar-refractivity contribution is 0.219. The maximum absolute atomic E-state index is 11.8. The van der Waals surface area contributed by atoms with Crippen molar-refractivity contribution < 1.29 is 13.5 Å². The van der Waals surface area contributed by atoms with Crippen molar-refractivity contribution in [3.05, 3.63) is 0 Å². The van der Waals surface area contributed by atoms with Gasteiger partial charge in [-0.3, -0.25) is 0 Å². The molecule has 8 heavy (non-hydrogen) atoms. The Hall–Kier alpha value is -0.0100. The van der Waals surface area contributed by atoms with E-state index in [9.17, 15) is 8.96 Å². The predicted molar refractivity (Wildman–Crippen MR) is 30.1 cm³/mol. The molecule has 0 rings (SSSR count). The SMILES string of the molecule is CC(F)CO[P+](C)=O. The summed E-state index contributed by atoms with van der Waals surface area (Å²) in [6.45, 7) is 2.70. The van der Waals surface area contributed by atoms with Gasteiger partial charge in [0.05, 0.1) is 0 Å². The highest BCUT2D eigenvalue weighted by atomic mass is 31.1. The van der Waals surface area contributed by atoms with E-state index in [4.69, 9.17) is 0 Å². The predicted octanol–water partition coefficient (Wildman–Crippen LogP) is 1.73. The van der Waals surface area contributed by atoms with Gasteiger partial charge in [0.15, 0.2) is 6.66 Å². The van der Waals surface area contributed by atoms with Gasteiger partial charge in [-0.15, -0.1) is 4.52 Å². The Morgan fingerprint density at radius 3 is 2.50 bits per heavy atom. The van der Waals surface area contributed by atoms with Crippen LogP contribution >= 0.6 is 8.03 Å². The molecule has 4 heteroatoms. The van der Waals surface area contributed by atoms with Gasteiger partial charge in [-0.25, -0.2) is 4.39 Å². The van der Waals surface area contributed by atoms with Gasteiger partial charge in [0.25, 0.3) is 0 Å². The van der Waals surface area contributed by atoms with Crippen molar-refractivity contribution in [3.63, 3.8) is 0 Å². The van der Waals surface area contributed by atoms with E-state index in [1.807, 2.05) is 0 Å². The second-order valence-electron chi connectivity index (χ2n) is 1.52. The summed E-state index contributed by atoms with van der Waals surface area (Å²) in [5.41, 5.74) is 0. The first-order valence-electron chi connectivity index (χ1n) is 2.30. The minimum absolute atomic E-state index is 0.0638. The van der Waals surface area contributed by atoms with Crippen LogP contribution in [-0.2, 0) is 9.09 Å². The fourth-order valence-electron chi connectivity index (χ4n) is 0.208. The Balaban J connectivity index is 3.05. The maximum atomic E-state index is 11.8. The van der Waals surface area contributed by atoms with Gasteiger partial charge in [0, 0.05) is 0 Å². The van der Waals surface area contributed by atoms with Crippen LogP contribution in [0.5, 0.6) is 0 Å². The first-order chi connectivity index (χ1) is 3.63. The zero-order chi connectivity index (χ0) is 6.57. The number of hydrogen-bond acceptors (Lipinski definition) is 2. The molecule has 0 aromatic heterocycles. The average molecular weight is 139 g/mol. The molecule has 0 N–H and O–H groups in total. The van der Waals surface area contributed by atoms with Crippen LogP contribution in [0.25, 0.3) is 0 Å². The van der Waals surface area contributed by atoms with Crippen molar-refractivity contribution in [1.29, 1.82) is 0 Å². The molecule has 0 aliphatic heterocycles. The molecule has 0 heterocycles. The molecule has 0 saturated heterocycles. The maximum Gasteiger partial charge on any atom is 0.504 e. The number of rotatable bonds is 3. The van der Waals surface area contributed by atoms with Crippen molar-refractivity contribution in [2.24, 2.45) is 0 Å². The summed E-state index contributed by atoms with van der Waals surface area (Å²) in [7, 11) is -1.62. The second-order valence-corrected chi connectivity index (χ2v) is 2.65. The van der Waals surface area contributed by atoms with Gasteiger partial charge in [-0.05, 0) is 11.5 Å². The molecule has 0 aliphatic rings. The molecule has 0 bridgehead atoms. The van der Waals surface area contributed by atoms with E-state index in [1.165, 1.54) is 13.6 Å². The zero-order valence-corrected chi connectivity index (χ0v) is 5.82. The van der Waals surface area contributed by atoms with E-state index < -0.39 is 14.2 Å². The molecule has 48 valence electrons. The Labute approximate surface area is 48.9 Å². The van der Waals surface area contributed by atoms with Crippen molar-refractivity contribution >= 4 is 8.03 Å². The molecule has 0 fully saturated rings. The number of alkyl halides is 1. The van der Waals surface area contributed by atoms with Crippen LogP contribution in [0.3, 0.4) is 0 Å². The summed E-state index contributed by atoms with van der Waals surface area (Å²) in [5.74, 6) is 0. The molecule has 2 atom stereocenters. The summed E-state index contributed by atoms with van der Waals surface area (Å²) in [5, 5.41) is 0. The summed E-state index contributed by atoms with van der Waals surface area (Å²) < 4.78 is 26.4. The molecular weight excluding hydrogens is 130 g/mol. The van der Waals surface area contributed by atoms with Gasteiger partial charge in [0.2, 0.25) is 0 Å². The Morgan fingerprint density at radius 1 is 1.88 bits per heavy atom. The van der Waals surface area contributed by atoms with Crippen LogP contribution in [0.15, 0.2) is 0 Å². The van der Waals surface area contributed by atoms with E-state index in [0.717, 1.165) is 0 Å². The van der Waals surface area contributed by atoms with Gasteiger partial charge in [-0.2, -0.15) is 0 Å². The lowest BCUT2D eigenvalue weighted by Gasteiger charge is -1.89. The third-order valence-corrected chi connectivity index (χ3v) is 0.999. The van der Waals surface area contributed by atoms with E-state index in [1.54, 1.807) is 0 Å². The molecule has 2 nitrogen and oxygen atoms in total. The van der Waals surface area contributed by atoms with Crippen LogP contribution < -0.4 is 0 Å². The fourth-order valence-corrected chi connectivity index (χ4v) is 0.623. The van der Waals surface area contributed by atoms with Crippen LogP contribution in [0.4, 0.5) is 4.39 Å². The van der Waals surface area contributed by atoms with E-state index >= 15 is 0 Å². The Morgan fingerprint density at radius 2 is 2.38 bits per heavy atom. The molecule has 0 radical (unpaired) electrons. The minimum Gasteiger partial charge on any atom is -0.245 e. The van der Waals surface area contributed by atoms with Crippen molar-refractivity contribution in [2.75, 3.05) is 13.3 Å². The smallest absolute Gasteiger partial charge is 0.245 e. The zero-order valence-electron chi connectivity index (χ0n) is 4.93. The lowest BCUT2D eigenvalue weighted by Crippen LogP contribution is -2.00. The first kappa shape index (κ1) is 7.99. The van der Waals surface area contributed by atoms with E-state index in [0.29, 0.717) is 0 Å². The molecular formula is C4H9FO2P+. The summed E-state index contributed by atoms with van der Waals surface area (Å²) in [4.78, 5) is 0. The molecule has 0 spiro atoms. The third kappa shape index (κ3) is 5.99.